The zero-order valence-corrected chi connectivity index (χ0v) is 15.6. The number of nitrogens with one attached hydrogen (secondary N) is 1. The van der Waals surface area contributed by atoms with Crippen molar-refractivity contribution in [2.45, 2.75) is 31.8 Å². The molecule has 1 fully saturated rings. The van der Waals surface area contributed by atoms with Crippen LogP contribution in [0.25, 0.3) is 0 Å². The number of carbonyl (C=O) groups is 2. The van der Waals surface area contributed by atoms with Gasteiger partial charge < -0.3 is 15.8 Å². The van der Waals surface area contributed by atoms with Gasteiger partial charge in [-0.3, -0.25) is 14.5 Å². The number of anilines is 1. The van der Waals surface area contributed by atoms with Crippen LogP contribution in [0.1, 0.15) is 36.2 Å². The Kier molecular flexibility index (Phi) is 5.75. The summed E-state index contributed by atoms with van der Waals surface area (Å²) < 4.78 is 7.11. The first kappa shape index (κ1) is 18.9. The highest BCUT2D eigenvalue weighted by Gasteiger charge is 2.27. The third kappa shape index (κ3) is 4.11. The van der Waals surface area contributed by atoms with Gasteiger partial charge in [-0.25, -0.2) is 4.68 Å². The van der Waals surface area contributed by atoms with E-state index in [-0.39, 0.29) is 23.9 Å². The van der Waals surface area contributed by atoms with Gasteiger partial charge in [0.2, 0.25) is 5.91 Å². The number of ether oxygens (including phenoxy) is 1. The van der Waals surface area contributed by atoms with E-state index in [1.54, 1.807) is 30.5 Å². The molecule has 1 aliphatic rings. The monoisotopic (exact) mass is 371 g/mol. The third-order valence-corrected chi connectivity index (χ3v) is 5.07. The highest BCUT2D eigenvalue weighted by molar-refractivity contribution is 6.05. The highest BCUT2D eigenvalue weighted by atomic mass is 16.5. The number of nitrogens with zero attached hydrogens (tertiary/aromatic N) is 3. The van der Waals surface area contributed by atoms with Gasteiger partial charge in [-0.2, -0.15) is 5.10 Å². The van der Waals surface area contributed by atoms with E-state index in [1.807, 2.05) is 17.7 Å². The molecule has 8 nitrogen and oxygen atoms in total. The number of aromatic nitrogens is 2. The van der Waals surface area contributed by atoms with Crippen molar-refractivity contribution in [3.63, 3.8) is 0 Å². The molecule has 0 unspecified atom stereocenters. The van der Waals surface area contributed by atoms with Crippen LogP contribution in [0.4, 0.5) is 5.82 Å². The number of carbonyl (C=O) groups excluding carboxylic acids is 2. The van der Waals surface area contributed by atoms with Crippen LogP contribution in [-0.4, -0.2) is 52.7 Å². The van der Waals surface area contributed by atoms with Gasteiger partial charge in [0, 0.05) is 19.2 Å². The van der Waals surface area contributed by atoms with E-state index >= 15 is 0 Å². The Bertz CT molecular complexity index is 811. The average molecular weight is 371 g/mol. The van der Waals surface area contributed by atoms with Crippen LogP contribution in [-0.2, 0) is 4.79 Å². The van der Waals surface area contributed by atoms with Gasteiger partial charge in [0.05, 0.1) is 31.0 Å². The SMILES string of the molecule is COc1ccccc1C(=O)Nc1ccnn1C1CCN([C@H](C)C(N)=O)CC1. The van der Waals surface area contributed by atoms with Crippen molar-refractivity contribution in [2.24, 2.45) is 5.73 Å². The molecule has 2 amide bonds. The lowest BCUT2D eigenvalue weighted by atomic mass is 10.0. The lowest BCUT2D eigenvalue weighted by Crippen LogP contribution is -2.46. The summed E-state index contributed by atoms with van der Waals surface area (Å²) >= 11 is 0. The molecule has 0 bridgehead atoms. The molecule has 8 heteroatoms. The van der Waals surface area contributed by atoms with E-state index in [0.29, 0.717) is 17.1 Å². The standard InChI is InChI=1S/C19H25N5O3/c1-13(18(20)25)23-11-8-14(9-12-23)24-17(7-10-21-24)22-19(26)15-5-3-4-6-16(15)27-2/h3-7,10,13-14H,8-9,11-12H2,1-2H3,(H2,20,25)(H,22,26)/t13-/m1/s1. The van der Waals surface area contributed by atoms with Crippen LogP contribution >= 0.6 is 0 Å². The number of piperidine rings is 1. The van der Waals surface area contributed by atoms with Crippen molar-refractivity contribution in [3.05, 3.63) is 42.1 Å². The second-order valence-electron chi connectivity index (χ2n) is 6.66. The summed E-state index contributed by atoms with van der Waals surface area (Å²) in [5.41, 5.74) is 5.87. The van der Waals surface area contributed by atoms with Crippen LogP contribution in [0.2, 0.25) is 0 Å². The summed E-state index contributed by atoms with van der Waals surface area (Å²) in [4.78, 5) is 26.1. The summed E-state index contributed by atoms with van der Waals surface area (Å²) in [6.07, 6.45) is 3.34. The first-order valence-electron chi connectivity index (χ1n) is 9.02. The predicted molar refractivity (Wildman–Crippen MR) is 102 cm³/mol. The number of methoxy groups -OCH3 is 1. The molecule has 2 aromatic rings. The predicted octanol–water partition coefficient (Wildman–Crippen LogP) is 1.65. The van der Waals surface area contributed by atoms with Crippen molar-refractivity contribution in [2.75, 3.05) is 25.5 Å². The molecule has 144 valence electrons. The molecule has 0 saturated carbocycles. The molecule has 0 radical (unpaired) electrons. The fourth-order valence-electron chi connectivity index (χ4n) is 3.42. The molecule has 1 aromatic carbocycles. The number of benzene rings is 1. The summed E-state index contributed by atoms with van der Waals surface area (Å²) in [6, 6.07) is 8.76. The molecule has 3 N–H and O–H groups in total. The number of amides is 2. The van der Waals surface area contributed by atoms with Crippen molar-refractivity contribution in [1.29, 1.82) is 0 Å². The van der Waals surface area contributed by atoms with Gasteiger partial charge in [0.15, 0.2) is 0 Å². The fourth-order valence-corrected chi connectivity index (χ4v) is 3.42. The summed E-state index contributed by atoms with van der Waals surface area (Å²) in [7, 11) is 1.54. The molecule has 2 heterocycles. The van der Waals surface area contributed by atoms with Gasteiger partial charge in [-0.05, 0) is 31.9 Å². The number of rotatable bonds is 6. The van der Waals surface area contributed by atoms with Gasteiger partial charge in [-0.15, -0.1) is 0 Å². The zero-order chi connectivity index (χ0) is 19.4. The average Bonchev–Trinajstić information content (AvgIpc) is 3.15. The molecular formula is C19H25N5O3. The Balaban J connectivity index is 1.68. The van der Waals surface area contributed by atoms with E-state index in [4.69, 9.17) is 10.5 Å². The second kappa shape index (κ2) is 8.22. The van der Waals surface area contributed by atoms with Crippen LogP contribution in [0.15, 0.2) is 36.5 Å². The number of nitrogens with two attached hydrogens (primary N) is 1. The Hall–Kier alpha value is -2.87. The van der Waals surface area contributed by atoms with Crippen molar-refractivity contribution in [1.82, 2.24) is 14.7 Å². The number of likely N-dealkylation sites (tertiary alicyclic amines) is 1. The Labute approximate surface area is 158 Å². The van der Waals surface area contributed by atoms with Crippen molar-refractivity contribution >= 4 is 17.6 Å². The fraction of sp³-hybridized carbons (Fsp3) is 0.421. The number of para-hydroxylation sites is 1. The van der Waals surface area contributed by atoms with Crippen molar-refractivity contribution < 1.29 is 14.3 Å². The van der Waals surface area contributed by atoms with Crippen LogP contribution in [0.5, 0.6) is 5.75 Å². The van der Waals surface area contributed by atoms with Crippen LogP contribution < -0.4 is 15.8 Å². The Morgan fingerprint density at radius 1 is 1.26 bits per heavy atom. The number of primary amides is 1. The summed E-state index contributed by atoms with van der Waals surface area (Å²) in [5.74, 6) is 0.619. The lowest BCUT2D eigenvalue weighted by Gasteiger charge is -2.35. The third-order valence-electron chi connectivity index (χ3n) is 5.07. The Morgan fingerprint density at radius 3 is 2.63 bits per heavy atom. The van der Waals surface area contributed by atoms with Crippen LogP contribution in [0, 0.1) is 0 Å². The maximum absolute atomic E-state index is 12.7. The minimum Gasteiger partial charge on any atom is -0.496 e. The van der Waals surface area contributed by atoms with E-state index in [2.05, 4.69) is 15.3 Å². The topological polar surface area (TPSA) is 102 Å². The Morgan fingerprint density at radius 2 is 1.96 bits per heavy atom. The van der Waals surface area contributed by atoms with E-state index in [9.17, 15) is 9.59 Å². The molecule has 0 aliphatic carbocycles. The molecule has 1 aliphatic heterocycles. The van der Waals surface area contributed by atoms with Gasteiger partial charge in [0.1, 0.15) is 11.6 Å². The minimum absolute atomic E-state index is 0.157. The first-order valence-corrected chi connectivity index (χ1v) is 9.02. The quantitative estimate of drug-likeness (QED) is 0.804. The van der Waals surface area contributed by atoms with Crippen LogP contribution in [0.3, 0.4) is 0 Å². The normalized spacial score (nSPS) is 16.7. The summed E-state index contributed by atoms with van der Waals surface area (Å²) in [6.45, 7) is 3.35. The highest BCUT2D eigenvalue weighted by Crippen LogP contribution is 2.27. The second-order valence-corrected chi connectivity index (χ2v) is 6.66. The van der Waals surface area contributed by atoms with E-state index < -0.39 is 0 Å². The van der Waals surface area contributed by atoms with Crippen molar-refractivity contribution in [3.8, 4) is 5.75 Å². The largest absolute Gasteiger partial charge is 0.496 e. The lowest BCUT2D eigenvalue weighted by molar-refractivity contribution is -0.123. The first-order chi connectivity index (χ1) is 13.0. The molecule has 1 saturated heterocycles. The molecule has 27 heavy (non-hydrogen) atoms. The van der Waals surface area contributed by atoms with E-state index in [1.165, 1.54) is 7.11 Å². The van der Waals surface area contributed by atoms with Gasteiger partial charge in [-0.1, -0.05) is 12.1 Å². The molecule has 3 rings (SSSR count). The van der Waals surface area contributed by atoms with Gasteiger partial charge in [0.25, 0.3) is 5.91 Å². The molecular weight excluding hydrogens is 346 g/mol. The maximum Gasteiger partial charge on any atom is 0.260 e. The number of hydrogen-bond acceptors (Lipinski definition) is 5. The molecule has 0 spiro atoms. The summed E-state index contributed by atoms with van der Waals surface area (Å²) in [5, 5.41) is 7.32. The maximum atomic E-state index is 12.7. The minimum atomic E-state index is -0.308. The smallest absolute Gasteiger partial charge is 0.260 e. The molecule has 1 aromatic heterocycles. The van der Waals surface area contributed by atoms with Gasteiger partial charge >= 0.3 is 0 Å². The number of hydrogen-bond donors (Lipinski definition) is 2. The van der Waals surface area contributed by atoms with E-state index in [0.717, 1.165) is 25.9 Å². The molecule has 1 atom stereocenters. The zero-order valence-electron chi connectivity index (χ0n) is 15.6.